The number of thiophene rings is 1. The Bertz CT molecular complexity index is 947. The molecule has 0 aliphatic carbocycles. The number of hydrogen-bond donors (Lipinski definition) is 1. The largest absolute Gasteiger partial charge is 0.454 e. The molecule has 0 unspecified atom stereocenters. The van der Waals surface area contributed by atoms with Crippen molar-refractivity contribution >= 4 is 40.5 Å². The lowest BCUT2D eigenvalue weighted by molar-refractivity contribution is -0.119. The van der Waals surface area contributed by atoms with Crippen molar-refractivity contribution in [3.8, 4) is 11.5 Å². The molecule has 140 valence electrons. The van der Waals surface area contributed by atoms with Gasteiger partial charge in [-0.2, -0.15) is 0 Å². The van der Waals surface area contributed by atoms with Gasteiger partial charge in [0.15, 0.2) is 29.7 Å². The van der Waals surface area contributed by atoms with Gasteiger partial charge in [-0.15, -0.1) is 11.3 Å². The van der Waals surface area contributed by atoms with Gasteiger partial charge in [0.25, 0.3) is 5.91 Å². The second kappa shape index (κ2) is 7.58. The molecular formula is C18H15NO7S. The molecule has 1 N–H and O–H groups in total. The summed E-state index contributed by atoms with van der Waals surface area (Å²) in [6, 6.07) is 5.96. The third-order valence-corrected chi connectivity index (χ3v) is 4.82. The van der Waals surface area contributed by atoms with E-state index in [4.69, 9.17) is 14.2 Å². The summed E-state index contributed by atoms with van der Waals surface area (Å²) < 4.78 is 15.4. The normalized spacial score (nSPS) is 11.8. The molecule has 0 atom stereocenters. The fourth-order valence-corrected chi connectivity index (χ4v) is 3.16. The number of carbonyl (C=O) groups is 4. The molecule has 0 bridgehead atoms. The predicted molar refractivity (Wildman–Crippen MR) is 95.8 cm³/mol. The van der Waals surface area contributed by atoms with E-state index in [1.54, 1.807) is 0 Å². The first-order valence-corrected chi connectivity index (χ1v) is 8.69. The van der Waals surface area contributed by atoms with Gasteiger partial charge in [0.1, 0.15) is 4.88 Å². The highest BCUT2D eigenvalue weighted by molar-refractivity contribution is 7.15. The number of nitrogens with one attached hydrogen (secondary N) is 1. The summed E-state index contributed by atoms with van der Waals surface area (Å²) in [7, 11) is 0. The summed E-state index contributed by atoms with van der Waals surface area (Å²) in [6.07, 6.45) is 0. The molecule has 0 saturated heterocycles. The molecule has 2 aromatic rings. The number of anilines is 1. The number of hydrogen-bond acceptors (Lipinski definition) is 8. The molecule has 1 aliphatic rings. The molecule has 0 spiro atoms. The van der Waals surface area contributed by atoms with E-state index < -0.39 is 18.5 Å². The Kier molecular flexibility index (Phi) is 5.22. The number of ketones is 2. The summed E-state index contributed by atoms with van der Waals surface area (Å²) in [5.41, 5.74) is 0.492. The maximum atomic E-state index is 12.1. The molecule has 2 heterocycles. The van der Waals surface area contributed by atoms with Crippen LogP contribution in [0.15, 0.2) is 24.3 Å². The van der Waals surface area contributed by atoms with Gasteiger partial charge in [0, 0.05) is 11.6 Å². The van der Waals surface area contributed by atoms with E-state index in [2.05, 4.69) is 5.32 Å². The SMILES string of the molecule is CC(=O)c1ccc(C(=O)OCC(=O)Nc2cc3c(cc2C(C)=O)OCO3)s1. The Labute approximate surface area is 158 Å². The molecule has 0 radical (unpaired) electrons. The Morgan fingerprint density at radius 1 is 1.04 bits per heavy atom. The summed E-state index contributed by atoms with van der Waals surface area (Å²) in [6.45, 7) is 2.24. The van der Waals surface area contributed by atoms with Crippen molar-refractivity contribution in [2.75, 3.05) is 18.7 Å². The van der Waals surface area contributed by atoms with Gasteiger partial charge in [0.05, 0.1) is 10.6 Å². The predicted octanol–water partition coefficient (Wildman–Crippen LogP) is 2.68. The first kappa shape index (κ1) is 18.6. The summed E-state index contributed by atoms with van der Waals surface area (Å²) in [4.78, 5) is 47.8. The number of benzene rings is 1. The smallest absolute Gasteiger partial charge is 0.348 e. The third kappa shape index (κ3) is 4.14. The lowest BCUT2D eigenvalue weighted by atomic mass is 10.1. The number of ether oxygens (including phenoxy) is 3. The highest BCUT2D eigenvalue weighted by atomic mass is 32.1. The average Bonchev–Trinajstić information content (AvgIpc) is 3.27. The van der Waals surface area contributed by atoms with Crippen molar-refractivity contribution in [2.24, 2.45) is 0 Å². The maximum Gasteiger partial charge on any atom is 0.348 e. The van der Waals surface area contributed by atoms with E-state index >= 15 is 0 Å². The number of amides is 1. The Balaban J connectivity index is 1.64. The first-order chi connectivity index (χ1) is 12.8. The lowest BCUT2D eigenvalue weighted by Gasteiger charge is -2.10. The molecule has 1 aromatic heterocycles. The molecule has 1 amide bonds. The van der Waals surface area contributed by atoms with Gasteiger partial charge in [-0.1, -0.05) is 0 Å². The summed E-state index contributed by atoms with van der Waals surface area (Å²) in [5.74, 6) is -0.924. The van der Waals surface area contributed by atoms with Crippen LogP contribution in [0.2, 0.25) is 0 Å². The van der Waals surface area contributed by atoms with Crippen LogP contribution in [0.25, 0.3) is 0 Å². The molecule has 8 nitrogen and oxygen atoms in total. The van der Waals surface area contributed by atoms with Crippen LogP contribution < -0.4 is 14.8 Å². The average molecular weight is 389 g/mol. The van der Waals surface area contributed by atoms with Crippen LogP contribution in [-0.4, -0.2) is 36.8 Å². The van der Waals surface area contributed by atoms with E-state index in [1.807, 2.05) is 0 Å². The van der Waals surface area contributed by atoms with Crippen molar-refractivity contribution < 1.29 is 33.4 Å². The van der Waals surface area contributed by atoms with Crippen LogP contribution in [0.5, 0.6) is 11.5 Å². The second-order valence-electron chi connectivity index (χ2n) is 5.65. The van der Waals surface area contributed by atoms with Crippen LogP contribution in [0, 0.1) is 0 Å². The zero-order chi connectivity index (χ0) is 19.6. The van der Waals surface area contributed by atoms with Crippen molar-refractivity contribution in [3.63, 3.8) is 0 Å². The van der Waals surface area contributed by atoms with Gasteiger partial charge >= 0.3 is 5.97 Å². The van der Waals surface area contributed by atoms with Crippen molar-refractivity contribution in [2.45, 2.75) is 13.8 Å². The molecule has 0 saturated carbocycles. The standard InChI is InChI=1S/C18H15NO7S/c1-9(20)11-5-13-14(26-8-25-13)6-12(11)19-17(22)7-24-18(23)16-4-3-15(27-16)10(2)21/h3-6H,7-8H2,1-2H3,(H,19,22). The summed E-state index contributed by atoms with van der Waals surface area (Å²) >= 11 is 0.994. The van der Waals surface area contributed by atoms with Gasteiger partial charge in [-0.25, -0.2) is 4.79 Å². The number of fused-ring (bicyclic) bond motifs is 1. The van der Waals surface area contributed by atoms with Crippen molar-refractivity contribution in [1.29, 1.82) is 0 Å². The highest BCUT2D eigenvalue weighted by Crippen LogP contribution is 2.37. The van der Waals surface area contributed by atoms with Crippen molar-refractivity contribution in [3.05, 3.63) is 39.6 Å². The first-order valence-electron chi connectivity index (χ1n) is 7.87. The van der Waals surface area contributed by atoms with Crippen LogP contribution in [0.4, 0.5) is 5.69 Å². The summed E-state index contributed by atoms with van der Waals surface area (Å²) in [5, 5.41) is 2.53. The lowest BCUT2D eigenvalue weighted by Crippen LogP contribution is -2.21. The maximum absolute atomic E-state index is 12.1. The number of rotatable bonds is 6. The quantitative estimate of drug-likeness (QED) is 0.598. The van der Waals surface area contributed by atoms with Crippen molar-refractivity contribution in [1.82, 2.24) is 0 Å². The van der Waals surface area contributed by atoms with Gasteiger partial charge in [-0.05, 0) is 32.0 Å². The fourth-order valence-electron chi connectivity index (χ4n) is 2.36. The fraction of sp³-hybridized carbons (Fsp3) is 0.222. The number of carbonyl (C=O) groups excluding carboxylic acids is 4. The van der Waals surface area contributed by atoms with Gasteiger partial charge < -0.3 is 19.5 Å². The van der Waals surface area contributed by atoms with E-state index in [-0.39, 0.29) is 34.5 Å². The third-order valence-electron chi connectivity index (χ3n) is 3.65. The molecule has 1 aliphatic heterocycles. The Morgan fingerprint density at radius 3 is 2.33 bits per heavy atom. The van der Waals surface area contributed by atoms with Gasteiger partial charge in [-0.3, -0.25) is 14.4 Å². The van der Waals surface area contributed by atoms with Crippen LogP contribution in [0.3, 0.4) is 0 Å². The Morgan fingerprint density at radius 2 is 1.70 bits per heavy atom. The Hall–Kier alpha value is -3.20. The van der Waals surface area contributed by atoms with Gasteiger partial charge in [0.2, 0.25) is 6.79 Å². The zero-order valence-corrected chi connectivity index (χ0v) is 15.3. The van der Waals surface area contributed by atoms with Crippen LogP contribution in [0.1, 0.15) is 43.5 Å². The molecule has 9 heteroatoms. The molecular weight excluding hydrogens is 374 g/mol. The molecule has 1 aromatic carbocycles. The van der Waals surface area contributed by atoms with E-state index in [9.17, 15) is 19.2 Å². The zero-order valence-electron chi connectivity index (χ0n) is 14.5. The molecule has 27 heavy (non-hydrogen) atoms. The van der Waals surface area contributed by atoms with Crippen LogP contribution in [-0.2, 0) is 9.53 Å². The minimum Gasteiger partial charge on any atom is -0.454 e. The highest BCUT2D eigenvalue weighted by Gasteiger charge is 2.21. The molecule has 0 fully saturated rings. The van der Waals surface area contributed by atoms with E-state index in [0.717, 1.165) is 11.3 Å². The monoisotopic (exact) mass is 389 g/mol. The minimum absolute atomic E-state index is 0.0325. The minimum atomic E-state index is -0.708. The number of esters is 1. The van der Waals surface area contributed by atoms with Crippen LogP contribution >= 0.6 is 11.3 Å². The number of Topliss-reactive ketones (excluding diaryl/α,β-unsaturated/α-hetero) is 2. The van der Waals surface area contributed by atoms with E-state index in [0.29, 0.717) is 16.4 Å². The topological polar surface area (TPSA) is 108 Å². The molecule has 3 rings (SSSR count). The second-order valence-corrected chi connectivity index (χ2v) is 6.74. The van der Waals surface area contributed by atoms with E-state index in [1.165, 1.54) is 38.1 Å².